The van der Waals surface area contributed by atoms with Gasteiger partial charge in [0.05, 0.1) is 0 Å². The molecule has 3 N–H and O–H groups in total. The van der Waals surface area contributed by atoms with E-state index in [-0.39, 0.29) is 5.91 Å². The van der Waals surface area contributed by atoms with Gasteiger partial charge >= 0.3 is 0 Å². The highest BCUT2D eigenvalue weighted by molar-refractivity contribution is 5.95. The lowest BCUT2D eigenvalue weighted by Gasteiger charge is -2.33. The Morgan fingerprint density at radius 2 is 2.32 bits per heavy atom. The molecule has 0 bridgehead atoms. The number of aromatic nitrogens is 1. The van der Waals surface area contributed by atoms with Gasteiger partial charge in [0.2, 0.25) is 0 Å². The van der Waals surface area contributed by atoms with E-state index in [1.807, 2.05) is 17.9 Å². The second-order valence-electron chi connectivity index (χ2n) is 5.07. The van der Waals surface area contributed by atoms with Crippen LogP contribution in [-0.4, -0.2) is 28.4 Å². The third-order valence-electron chi connectivity index (χ3n) is 3.70. The Hall–Kier alpha value is -1.62. The molecule has 104 valence electrons. The first-order chi connectivity index (χ1) is 9.15. The standard InChI is InChI=1S/C14H22N4O/c1-3-12-8-11(9-13(16-12)17-15)14(19)18-7-5-4-6-10(18)2/h8-10H,3-7,15H2,1-2H3,(H,16,17). The summed E-state index contributed by atoms with van der Waals surface area (Å²) >= 11 is 0. The molecule has 1 aromatic heterocycles. The molecule has 0 saturated carbocycles. The first kappa shape index (κ1) is 13.8. The quantitative estimate of drug-likeness (QED) is 0.645. The number of rotatable bonds is 3. The smallest absolute Gasteiger partial charge is 0.254 e. The van der Waals surface area contributed by atoms with Gasteiger partial charge in [-0.05, 0) is 44.7 Å². The Morgan fingerprint density at radius 1 is 1.53 bits per heavy atom. The average molecular weight is 262 g/mol. The fraction of sp³-hybridized carbons (Fsp3) is 0.571. The van der Waals surface area contributed by atoms with Crippen LogP contribution in [0.3, 0.4) is 0 Å². The van der Waals surface area contributed by atoms with Gasteiger partial charge in [0.1, 0.15) is 5.82 Å². The molecule has 0 radical (unpaired) electrons. The number of nitrogen functional groups attached to an aromatic ring is 1. The second kappa shape index (κ2) is 6.02. The first-order valence-electron chi connectivity index (χ1n) is 6.94. The monoisotopic (exact) mass is 262 g/mol. The molecule has 1 saturated heterocycles. The van der Waals surface area contributed by atoms with Crippen LogP contribution in [0, 0.1) is 0 Å². The molecule has 5 heteroatoms. The number of nitrogens with zero attached hydrogens (tertiary/aromatic N) is 2. The zero-order valence-electron chi connectivity index (χ0n) is 11.6. The number of pyridine rings is 1. The number of carbonyl (C=O) groups excluding carboxylic acids is 1. The van der Waals surface area contributed by atoms with E-state index in [9.17, 15) is 4.79 Å². The van der Waals surface area contributed by atoms with Crippen molar-refractivity contribution in [1.29, 1.82) is 0 Å². The Balaban J connectivity index is 2.26. The van der Waals surface area contributed by atoms with Crippen molar-refractivity contribution in [3.05, 3.63) is 23.4 Å². The van der Waals surface area contributed by atoms with Gasteiger partial charge in [0.25, 0.3) is 5.91 Å². The van der Waals surface area contributed by atoms with Crippen molar-refractivity contribution >= 4 is 11.7 Å². The highest BCUT2D eigenvalue weighted by Crippen LogP contribution is 2.20. The maximum atomic E-state index is 12.6. The molecule has 2 rings (SSSR count). The van der Waals surface area contributed by atoms with Crippen molar-refractivity contribution in [1.82, 2.24) is 9.88 Å². The summed E-state index contributed by atoms with van der Waals surface area (Å²) in [4.78, 5) is 18.8. The van der Waals surface area contributed by atoms with E-state index >= 15 is 0 Å². The van der Waals surface area contributed by atoms with Crippen molar-refractivity contribution in [2.45, 2.75) is 45.6 Å². The molecular weight excluding hydrogens is 240 g/mol. The van der Waals surface area contributed by atoms with Crippen molar-refractivity contribution in [3.8, 4) is 0 Å². The van der Waals surface area contributed by atoms with Gasteiger partial charge in [-0.1, -0.05) is 6.92 Å². The lowest BCUT2D eigenvalue weighted by molar-refractivity contribution is 0.0635. The van der Waals surface area contributed by atoms with Gasteiger partial charge < -0.3 is 10.3 Å². The number of hydrogen-bond donors (Lipinski definition) is 2. The van der Waals surface area contributed by atoms with Crippen molar-refractivity contribution in [3.63, 3.8) is 0 Å². The maximum Gasteiger partial charge on any atom is 0.254 e. The minimum Gasteiger partial charge on any atom is -0.336 e. The lowest BCUT2D eigenvalue weighted by Crippen LogP contribution is -2.42. The number of likely N-dealkylation sites (tertiary alicyclic amines) is 1. The summed E-state index contributed by atoms with van der Waals surface area (Å²) in [5.41, 5.74) is 4.08. The van der Waals surface area contributed by atoms with Gasteiger partial charge in [0.15, 0.2) is 0 Å². The third-order valence-corrected chi connectivity index (χ3v) is 3.70. The molecule has 0 spiro atoms. The Bertz CT molecular complexity index is 439. The number of nitrogens with one attached hydrogen (secondary N) is 1. The van der Waals surface area contributed by atoms with Crippen molar-refractivity contribution in [2.75, 3.05) is 12.0 Å². The van der Waals surface area contributed by atoms with E-state index in [0.717, 1.165) is 31.5 Å². The number of aryl methyl sites for hydroxylation is 1. The second-order valence-corrected chi connectivity index (χ2v) is 5.07. The summed E-state index contributed by atoms with van der Waals surface area (Å²) in [7, 11) is 0. The molecule has 0 aromatic carbocycles. The molecule has 5 nitrogen and oxygen atoms in total. The normalized spacial score (nSPS) is 19.3. The van der Waals surface area contributed by atoms with Gasteiger partial charge in [-0.3, -0.25) is 4.79 Å². The predicted octanol–water partition coefficient (Wildman–Crippen LogP) is 1.94. The molecule has 1 aliphatic heterocycles. The highest BCUT2D eigenvalue weighted by Gasteiger charge is 2.24. The Morgan fingerprint density at radius 3 is 2.95 bits per heavy atom. The number of anilines is 1. The van der Waals surface area contributed by atoms with Crippen LogP contribution >= 0.6 is 0 Å². The van der Waals surface area contributed by atoms with E-state index in [0.29, 0.717) is 17.4 Å². The molecule has 1 unspecified atom stereocenters. The summed E-state index contributed by atoms with van der Waals surface area (Å²) in [5.74, 6) is 6.04. The summed E-state index contributed by atoms with van der Waals surface area (Å²) in [6.07, 6.45) is 4.16. The van der Waals surface area contributed by atoms with Gasteiger partial charge in [-0.25, -0.2) is 10.8 Å². The number of nitrogens with two attached hydrogens (primary N) is 1. The Kier molecular flexibility index (Phi) is 4.37. The SMILES string of the molecule is CCc1cc(C(=O)N2CCCCC2C)cc(NN)n1. The van der Waals surface area contributed by atoms with Crippen molar-refractivity contribution < 1.29 is 4.79 Å². The minimum absolute atomic E-state index is 0.0841. The highest BCUT2D eigenvalue weighted by atomic mass is 16.2. The predicted molar refractivity (Wildman–Crippen MR) is 75.8 cm³/mol. The van der Waals surface area contributed by atoms with E-state index in [4.69, 9.17) is 5.84 Å². The fourth-order valence-electron chi connectivity index (χ4n) is 2.53. The van der Waals surface area contributed by atoms with E-state index in [1.165, 1.54) is 6.42 Å². The largest absolute Gasteiger partial charge is 0.336 e. The minimum atomic E-state index is 0.0841. The summed E-state index contributed by atoms with van der Waals surface area (Å²) in [5, 5.41) is 0. The van der Waals surface area contributed by atoms with Crippen LogP contribution in [0.2, 0.25) is 0 Å². The average Bonchev–Trinajstić information content (AvgIpc) is 2.46. The fourth-order valence-corrected chi connectivity index (χ4v) is 2.53. The van der Waals surface area contributed by atoms with Gasteiger partial charge in [-0.2, -0.15) is 0 Å². The van der Waals surface area contributed by atoms with Crippen LogP contribution in [0.1, 0.15) is 49.2 Å². The van der Waals surface area contributed by atoms with Crippen LogP contribution in [0.4, 0.5) is 5.82 Å². The molecule has 1 fully saturated rings. The molecule has 1 aliphatic rings. The van der Waals surface area contributed by atoms with Crippen LogP contribution < -0.4 is 11.3 Å². The molecular formula is C14H22N4O. The van der Waals surface area contributed by atoms with E-state index < -0.39 is 0 Å². The maximum absolute atomic E-state index is 12.6. The summed E-state index contributed by atoms with van der Waals surface area (Å²) in [6, 6.07) is 3.90. The van der Waals surface area contributed by atoms with E-state index in [1.54, 1.807) is 6.07 Å². The molecule has 1 atom stereocenters. The molecule has 2 heterocycles. The first-order valence-corrected chi connectivity index (χ1v) is 6.94. The third kappa shape index (κ3) is 3.04. The molecule has 1 aromatic rings. The Labute approximate surface area is 114 Å². The number of amides is 1. The van der Waals surface area contributed by atoms with Crippen LogP contribution in [0.5, 0.6) is 0 Å². The topological polar surface area (TPSA) is 71.2 Å². The van der Waals surface area contributed by atoms with Crippen LogP contribution in [0.25, 0.3) is 0 Å². The van der Waals surface area contributed by atoms with Crippen LogP contribution in [-0.2, 0) is 6.42 Å². The number of hydrazine groups is 1. The number of carbonyl (C=O) groups is 1. The van der Waals surface area contributed by atoms with Gasteiger partial charge in [-0.15, -0.1) is 0 Å². The van der Waals surface area contributed by atoms with Crippen LogP contribution in [0.15, 0.2) is 12.1 Å². The zero-order valence-corrected chi connectivity index (χ0v) is 11.6. The summed E-state index contributed by atoms with van der Waals surface area (Å²) < 4.78 is 0. The number of hydrogen-bond acceptors (Lipinski definition) is 4. The molecule has 0 aliphatic carbocycles. The van der Waals surface area contributed by atoms with Crippen molar-refractivity contribution in [2.24, 2.45) is 5.84 Å². The van der Waals surface area contributed by atoms with E-state index in [2.05, 4.69) is 17.3 Å². The summed E-state index contributed by atoms with van der Waals surface area (Å²) in [6.45, 7) is 4.97. The number of piperidine rings is 1. The lowest BCUT2D eigenvalue weighted by atomic mass is 10.0. The molecule has 1 amide bonds. The zero-order chi connectivity index (χ0) is 13.8. The van der Waals surface area contributed by atoms with Gasteiger partial charge in [0, 0.05) is 23.8 Å². The molecule has 19 heavy (non-hydrogen) atoms.